The molecule has 2 aromatic carbocycles. The van der Waals surface area contributed by atoms with E-state index in [-0.39, 0.29) is 48.1 Å². The highest BCUT2D eigenvalue weighted by Crippen LogP contribution is 2.43. The molecule has 3 aliphatic heterocycles. The number of anilines is 2. The van der Waals surface area contributed by atoms with Crippen LogP contribution in [0.15, 0.2) is 48.8 Å². The van der Waals surface area contributed by atoms with Gasteiger partial charge < -0.3 is 49.8 Å². The van der Waals surface area contributed by atoms with E-state index in [0.29, 0.717) is 128 Å². The third kappa shape index (κ3) is 12.7. The predicted octanol–water partition coefficient (Wildman–Crippen LogP) is 1.78. The van der Waals surface area contributed by atoms with Gasteiger partial charge in [-0.3, -0.25) is 39.0 Å². The van der Waals surface area contributed by atoms with Crippen molar-refractivity contribution in [3.63, 3.8) is 0 Å². The van der Waals surface area contributed by atoms with Gasteiger partial charge in [-0.2, -0.15) is 0 Å². The number of benzene rings is 2. The Morgan fingerprint density at radius 2 is 1.53 bits per heavy atom. The molecule has 0 radical (unpaired) electrons. The highest BCUT2D eigenvalue weighted by Gasteiger charge is 2.45. The van der Waals surface area contributed by atoms with Crippen LogP contribution in [0.2, 0.25) is 5.02 Å². The minimum atomic E-state index is -1.03. The van der Waals surface area contributed by atoms with Gasteiger partial charge in [0.2, 0.25) is 23.6 Å². The Morgan fingerprint density at radius 3 is 2.22 bits per heavy atom. The van der Waals surface area contributed by atoms with Crippen LogP contribution in [-0.4, -0.2) is 172 Å². The first-order chi connectivity index (χ1) is 33.0. The number of piperazine rings is 1. The summed E-state index contributed by atoms with van der Waals surface area (Å²) < 4.78 is 22.3. The Kier molecular flexibility index (Phi) is 18.2. The van der Waals surface area contributed by atoms with Gasteiger partial charge in [-0.25, -0.2) is 9.97 Å². The molecule has 21 heteroatoms. The van der Waals surface area contributed by atoms with E-state index in [1.165, 1.54) is 6.33 Å². The topological polar surface area (TPSA) is 243 Å². The molecule has 4 aliphatic rings. The van der Waals surface area contributed by atoms with Crippen LogP contribution in [0.5, 0.6) is 0 Å². The molecule has 366 valence electrons. The third-order valence-corrected chi connectivity index (χ3v) is 12.6. The van der Waals surface area contributed by atoms with Crippen LogP contribution in [0.3, 0.4) is 0 Å². The summed E-state index contributed by atoms with van der Waals surface area (Å²) in [5, 5.41) is 22.5. The molecule has 1 unspecified atom stereocenters. The van der Waals surface area contributed by atoms with E-state index >= 15 is 0 Å². The zero-order valence-electron chi connectivity index (χ0n) is 38.2. The second-order valence-electron chi connectivity index (χ2n) is 16.9. The molecule has 0 spiro atoms. The lowest BCUT2D eigenvalue weighted by Gasteiger charge is -2.38. The van der Waals surface area contributed by atoms with E-state index in [1.807, 2.05) is 17.0 Å². The lowest BCUT2D eigenvalue weighted by Crippen LogP contribution is -2.54. The van der Waals surface area contributed by atoms with Crippen molar-refractivity contribution < 1.29 is 52.8 Å². The molecule has 20 nitrogen and oxygen atoms in total. The van der Waals surface area contributed by atoms with E-state index in [1.54, 1.807) is 30.3 Å². The summed E-state index contributed by atoms with van der Waals surface area (Å²) in [4.78, 5) is 90.6. The Labute approximate surface area is 399 Å². The van der Waals surface area contributed by atoms with Crippen molar-refractivity contribution in [2.24, 2.45) is 0 Å². The monoisotopic (exact) mass is 961 g/mol. The number of imide groups is 2. The normalized spacial score (nSPS) is 19.5. The average Bonchev–Trinajstić information content (AvgIpc) is 3.78. The van der Waals surface area contributed by atoms with Gasteiger partial charge in [0, 0.05) is 81.5 Å². The van der Waals surface area contributed by atoms with Gasteiger partial charge in [-0.15, -0.1) is 0 Å². The lowest BCUT2D eigenvalue weighted by atomic mass is 9.97. The van der Waals surface area contributed by atoms with Gasteiger partial charge in [-0.1, -0.05) is 36.7 Å². The first-order valence-electron chi connectivity index (χ1n) is 23.2. The van der Waals surface area contributed by atoms with Gasteiger partial charge in [0.1, 0.15) is 18.2 Å². The van der Waals surface area contributed by atoms with Gasteiger partial charge >= 0.3 is 0 Å². The molecular formula is C47H60ClN9O11. The number of halogens is 1. The number of rotatable bonds is 25. The van der Waals surface area contributed by atoms with Crippen LogP contribution in [0.25, 0.3) is 0 Å². The summed E-state index contributed by atoms with van der Waals surface area (Å²) in [5.41, 5.74) is 3.39. The fraction of sp³-hybridized carbons (Fsp3) is 0.532. The Hall–Kier alpha value is -5.61. The van der Waals surface area contributed by atoms with Crippen molar-refractivity contribution in [3.05, 3.63) is 81.8 Å². The number of amides is 6. The molecule has 0 saturated carbocycles. The SMILES string of the molecule is C[C@@H]1C[C@@H](O)c2ncnc(N3CCN(C(=O)[C@H](CNCCC(=O)NCCOCCOCCOCCOCCNc4cccc5c4C(=O)N(C4CCC(=O)NC4=O)C5=O)c4ccc(Cl)cc4)CC3)c21. The number of carbonyl (C=O) groups excluding carboxylic acids is 6. The fourth-order valence-corrected chi connectivity index (χ4v) is 8.96. The minimum absolute atomic E-state index is 0.000719. The standard InChI is InChI=1S/C47H60ClN9O11/c1-30-27-37(58)42-40(30)43(53-29-52-42)55-15-17-56(18-16-55)45(62)34(31-5-7-32(48)8-6-31)28-49-12-11-38(59)51-14-20-66-22-24-68-26-25-67-23-21-65-19-13-50-35-4-2-3-33-41(35)47(64)57(46(33)63)36-9-10-39(60)54-44(36)61/h2-8,29-30,34,36-37,49-50,58H,9-28H2,1H3,(H,51,59)(H,54,60,61)/t30-,34-,36?,37-/m1/s1. The van der Waals surface area contributed by atoms with Crippen LogP contribution in [0.1, 0.15) is 88.1 Å². The van der Waals surface area contributed by atoms with Crippen molar-refractivity contribution in [2.75, 3.05) is 115 Å². The maximum Gasteiger partial charge on any atom is 0.264 e. The first-order valence-corrected chi connectivity index (χ1v) is 23.6. The van der Waals surface area contributed by atoms with E-state index < -0.39 is 41.7 Å². The summed E-state index contributed by atoms with van der Waals surface area (Å²) in [7, 11) is 0. The summed E-state index contributed by atoms with van der Waals surface area (Å²) in [5.74, 6) is -1.82. The number of fused-ring (bicyclic) bond motifs is 2. The number of aliphatic hydroxyl groups excluding tert-OH is 1. The van der Waals surface area contributed by atoms with E-state index in [2.05, 4.69) is 43.1 Å². The molecule has 4 heterocycles. The summed E-state index contributed by atoms with van der Waals surface area (Å²) >= 11 is 6.17. The Balaban J connectivity index is 0.691. The summed E-state index contributed by atoms with van der Waals surface area (Å²) in [6, 6.07) is 11.1. The van der Waals surface area contributed by atoms with E-state index in [9.17, 15) is 33.9 Å². The Bertz CT molecular complexity index is 2260. The van der Waals surface area contributed by atoms with Crippen LogP contribution >= 0.6 is 11.6 Å². The average molecular weight is 963 g/mol. The van der Waals surface area contributed by atoms with Gasteiger partial charge in [0.15, 0.2) is 0 Å². The number of hydrogen-bond acceptors (Lipinski definition) is 16. The van der Waals surface area contributed by atoms with E-state index in [0.717, 1.165) is 21.8 Å². The van der Waals surface area contributed by atoms with Gasteiger partial charge in [0.25, 0.3) is 11.8 Å². The molecular weight excluding hydrogens is 902 g/mol. The number of nitrogens with zero attached hydrogens (tertiary/aromatic N) is 5. The molecule has 7 rings (SSSR count). The van der Waals surface area contributed by atoms with Gasteiger partial charge in [-0.05, 0) is 48.6 Å². The maximum absolute atomic E-state index is 14.0. The molecule has 2 saturated heterocycles. The highest BCUT2D eigenvalue weighted by atomic mass is 35.5. The maximum atomic E-state index is 14.0. The van der Waals surface area contributed by atoms with Crippen LogP contribution < -0.4 is 26.2 Å². The quantitative estimate of drug-likeness (QED) is 0.0601. The molecule has 5 N–H and O–H groups in total. The number of carbonyl (C=O) groups is 6. The zero-order valence-corrected chi connectivity index (χ0v) is 39.0. The largest absolute Gasteiger partial charge is 0.387 e. The molecule has 2 fully saturated rings. The zero-order chi connectivity index (χ0) is 48.0. The van der Waals surface area contributed by atoms with Crippen LogP contribution in [0.4, 0.5) is 11.5 Å². The number of ether oxygens (including phenoxy) is 4. The first kappa shape index (κ1) is 50.3. The number of aromatic nitrogens is 2. The molecule has 0 bridgehead atoms. The minimum Gasteiger partial charge on any atom is -0.387 e. The lowest BCUT2D eigenvalue weighted by molar-refractivity contribution is -0.136. The fourth-order valence-electron chi connectivity index (χ4n) is 8.84. The highest BCUT2D eigenvalue weighted by molar-refractivity contribution is 6.30. The molecule has 68 heavy (non-hydrogen) atoms. The van der Waals surface area contributed by atoms with E-state index in [4.69, 9.17) is 30.5 Å². The molecule has 1 aromatic heterocycles. The number of piperidine rings is 1. The second-order valence-corrected chi connectivity index (χ2v) is 17.4. The van der Waals surface area contributed by atoms with Gasteiger partial charge in [0.05, 0.1) is 81.7 Å². The van der Waals surface area contributed by atoms with Crippen LogP contribution in [-0.2, 0) is 38.1 Å². The Morgan fingerprint density at radius 1 is 0.853 bits per heavy atom. The third-order valence-electron chi connectivity index (χ3n) is 12.3. The number of nitrogens with one attached hydrogen (secondary N) is 4. The predicted molar refractivity (Wildman–Crippen MR) is 248 cm³/mol. The second kappa shape index (κ2) is 24.6. The smallest absolute Gasteiger partial charge is 0.264 e. The van der Waals surface area contributed by atoms with Crippen molar-refractivity contribution >= 4 is 58.5 Å². The molecule has 3 aromatic rings. The molecule has 4 atom stereocenters. The molecule has 6 amide bonds. The number of aliphatic hydroxyl groups is 1. The van der Waals surface area contributed by atoms with Crippen molar-refractivity contribution in [3.8, 4) is 0 Å². The summed E-state index contributed by atoms with van der Waals surface area (Å²) in [6.07, 6.45) is 1.93. The van der Waals surface area contributed by atoms with Crippen LogP contribution in [0, 0.1) is 0 Å². The van der Waals surface area contributed by atoms with Crippen molar-refractivity contribution in [2.45, 2.75) is 56.6 Å². The van der Waals surface area contributed by atoms with Crippen molar-refractivity contribution in [1.82, 2.24) is 35.7 Å². The van der Waals surface area contributed by atoms with Crippen molar-refractivity contribution in [1.29, 1.82) is 0 Å². The summed E-state index contributed by atoms with van der Waals surface area (Å²) in [6.45, 7) is 8.59. The number of hydrogen-bond donors (Lipinski definition) is 5. The molecule has 1 aliphatic carbocycles.